The maximum atomic E-state index is 11.3. The lowest BCUT2D eigenvalue weighted by Gasteiger charge is -1.97. The van der Waals surface area contributed by atoms with E-state index in [2.05, 4.69) is 4.99 Å². The van der Waals surface area contributed by atoms with Gasteiger partial charge in [-0.25, -0.2) is 0 Å². The average Bonchev–Trinajstić information content (AvgIpc) is 2.17. The van der Waals surface area contributed by atoms with Crippen LogP contribution in [0.2, 0.25) is 0 Å². The Morgan fingerprint density at radius 2 is 1.53 bits per heavy atom. The lowest BCUT2D eigenvalue weighted by Crippen LogP contribution is -2.24. The van der Waals surface area contributed by atoms with Crippen molar-refractivity contribution in [1.29, 1.82) is 0 Å². The summed E-state index contributed by atoms with van der Waals surface area (Å²) in [5.41, 5.74) is 11.0. The number of ketones is 1. The molecule has 15 heavy (non-hydrogen) atoms. The summed E-state index contributed by atoms with van der Waals surface area (Å²) in [5.74, 6) is -0.864. The van der Waals surface area contributed by atoms with Gasteiger partial charge in [0.2, 0.25) is 0 Å². The Bertz CT molecular complexity index is 417. The van der Waals surface area contributed by atoms with Gasteiger partial charge in [0.05, 0.1) is 0 Å². The van der Waals surface area contributed by atoms with Crippen molar-refractivity contribution in [3.05, 3.63) is 35.4 Å². The molecule has 0 saturated heterocycles. The molecule has 5 nitrogen and oxygen atoms in total. The second-order valence-corrected chi connectivity index (χ2v) is 2.98. The highest BCUT2D eigenvalue weighted by Gasteiger charge is 2.05. The van der Waals surface area contributed by atoms with Gasteiger partial charge in [0, 0.05) is 11.1 Å². The van der Waals surface area contributed by atoms with Gasteiger partial charge in [-0.3, -0.25) is 9.59 Å². The Balaban J connectivity index is 2.94. The van der Waals surface area contributed by atoms with Crippen LogP contribution >= 0.6 is 0 Å². The molecule has 0 aliphatic heterocycles. The zero-order valence-corrected chi connectivity index (χ0v) is 8.23. The first-order valence-corrected chi connectivity index (χ1v) is 4.25. The standard InChI is InChI=1S/C10H11N3O2/c1-6(14)7-2-4-8(5-3-7)9(15)13-10(11)12/h2-5H,1H3,(H4,11,12,13,15). The van der Waals surface area contributed by atoms with Crippen LogP contribution in [0.4, 0.5) is 0 Å². The third-order valence-corrected chi connectivity index (χ3v) is 1.77. The quantitative estimate of drug-likeness (QED) is 0.412. The smallest absolute Gasteiger partial charge is 0.280 e. The maximum absolute atomic E-state index is 11.3. The van der Waals surface area contributed by atoms with Gasteiger partial charge >= 0.3 is 0 Å². The Labute approximate surface area is 86.8 Å². The van der Waals surface area contributed by atoms with Gasteiger partial charge in [-0.2, -0.15) is 4.99 Å². The molecule has 1 amide bonds. The van der Waals surface area contributed by atoms with Crippen molar-refractivity contribution in [2.45, 2.75) is 6.92 Å². The topological polar surface area (TPSA) is 98.5 Å². The Hall–Kier alpha value is -2.17. The molecular formula is C10H11N3O2. The highest BCUT2D eigenvalue weighted by atomic mass is 16.1. The highest BCUT2D eigenvalue weighted by molar-refractivity contribution is 6.02. The predicted octanol–water partition coefficient (Wildman–Crippen LogP) is 0.303. The normalized spacial score (nSPS) is 9.40. The summed E-state index contributed by atoms with van der Waals surface area (Å²) in [7, 11) is 0. The average molecular weight is 205 g/mol. The Kier molecular flexibility index (Phi) is 3.17. The van der Waals surface area contributed by atoms with Crippen LogP contribution in [0.1, 0.15) is 27.6 Å². The van der Waals surface area contributed by atoms with Crippen LogP contribution in [0.3, 0.4) is 0 Å². The van der Waals surface area contributed by atoms with Gasteiger partial charge < -0.3 is 11.5 Å². The molecule has 0 aliphatic rings. The summed E-state index contributed by atoms with van der Waals surface area (Å²) in [5, 5.41) is 0. The summed E-state index contributed by atoms with van der Waals surface area (Å²) >= 11 is 0. The summed E-state index contributed by atoms with van der Waals surface area (Å²) in [6, 6.07) is 6.12. The minimum Gasteiger partial charge on any atom is -0.370 e. The summed E-state index contributed by atoms with van der Waals surface area (Å²) in [4.78, 5) is 25.6. The fourth-order valence-electron chi connectivity index (χ4n) is 1.03. The van der Waals surface area contributed by atoms with E-state index < -0.39 is 5.91 Å². The molecule has 0 unspecified atom stereocenters. The van der Waals surface area contributed by atoms with Crippen LogP contribution in [0.15, 0.2) is 29.3 Å². The second kappa shape index (κ2) is 4.36. The van der Waals surface area contributed by atoms with E-state index in [-0.39, 0.29) is 11.7 Å². The minimum atomic E-state index is -0.523. The van der Waals surface area contributed by atoms with Crippen LogP contribution in [0.5, 0.6) is 0 Å². The fourth-order valence-corrected chi connectivity index (χ4v) is 1.03. The van der Waals surface area contributed by atoms with E-state index in [1.165, 1.54) is 19.1 Å². The van der Waals surface area contributed by atoms with E-state index in [4.69, 9.17) is 11.5 Å². The number of Topliss-reactive ketones (excluding diaryl/α,β-unsaturated/α-hetero) is 1. The van der Waals surface area contributed by atoms with Crippen LogP contribution in [-0.4, -0.2) is 17.6 Å². The van der Waals surface area contributed by atoms with E-state index in [0.717, 1.165) is 0 Å². The second-order valence-electron chi connectivity index (χ2n) is 2.98. The lowest BCUT2D eigenvalue weighted by atomic mass is 10.1. The van der Waals surface area contributed by atoms with E-state index >= 15 is 0 Å². The number of hydrogen-bond acceptors (Lipinski definition) is 2. The monoisotopic (exact) mass is 205 g/mol. The summed E-state index contributed by atoms with van der Waals surface area (Å²) < 4.78 is 0. The zero-order chi connectivity index (χ0) is 11.4. The summed E-state index contributed by atoms with van der Waals surface area (Å²) in [6.07, 6.45) is 0. The molecule has 0 radical (unpaired) electrons. The molecule has 0 aromatic heterocycles. The molecule has 1 aromatic rings. The Morgan fingerprint density at radius 3 is 1.93 bits per heavy atom. The zero-order valence-electron chi connectivity index (χ0n) is 8.23. The molecule has 0 spiro atoms. The number of hydrogen-bond donors (Lipinski definition) is 2. The van der Waals surface area contributed by atoms with E-state index in [1.807, 2.05) is 0 Å². The van der Waals surface area contributed by atoms with Crippen molar-refractivity contribution in [2.24, 2.45) is 16.5 Å². The molecule has 1 rings (SSSR count). The largest absolute Gasteiger partial charge is 0.370 e. The SMILES string of the molecule is CC(=O)c1ccc(C(=O)N=C(N)N)cc1. The number of carbonyl (C=O) groups is 2. The minimum absolute atomic E-state index is 0.0594. The van der Waals surface area contributed by atoms with Crippen LogP contribution in [-0.2, 0) is 0 Å². The molecule has 4 N–H and O–H groups in total. The van der Waals surface area contributed by atoms with Gasteiger partial charge in [0.1, 0.15) is 0 Å². The van der Waals surface area contributed by atoms with Crippen molar-refractivity contribution in [2.75, 3.05) is 0 Å². The number of amides is 1. The van der Waals surface area contributed by atoms with Crippen molar-refractivity contribution in [3.63, 3.8) is 0 Å². The van der Waals surface area contributed by atoms with E-state index in [9.17, 15) is 9.59 Å². The fraction of sp³-hybridized carbons (Fsp3) is 0.100. The number of rotatable bonds is 2. The number of nitrogens with two attached hydrogens (primary N) is 2. The number of aliphatic imine (C=N–C) groups is 1. The number of nitrogens with zero attached hydrogens (tertiary/aromatic N) is 1. The first-order valence-electron chi connectivity index (χ1n) is 4.25. The number of carbonyl (C=O) groups excluding carboxylic acids is 2. The van der Waals surface area contributed by atoms with Crippen LogP contribution < -0.4 is 11.5 Å². The van der Waals surface area contributed by atoms with Gasteiger partial charge in [0.25, 0.3) is 5.91 Å². The molecule has 1 aromatic carbocycles. The molecule has 5 heteroatoms. The van der Waals surface area contributed by atoms with E-state index in [0.29, 0.717) is 11.1 Å². The van der Waals surface area contributed by atoms with Crippen LogP contribution in [0.25, 0.3) is 0 Å². The molecule has 0 bridgehead atoms. The first-order chi connectivity index (χ1) is 7.00. The third kappa shape index (κ3) is 2.91. The van der Waals surface area contributed by atoms with Crippen molar-refractivity contribution < 1.29 is 9.59 Å². The van der Waals surface area contributed by atoms with Crippen molar-refractivity contribution in [1.82, 2.24) is 0 Å². The third-order valence-electron chi connectivity index (χ3n) is 1.77. The Morgan fingerprint density at radius 1 is 1.07 bits per heavy atom. The van der Waals surface area contributed by atoms with Crippen molar-refractivity contribution >= 4 is 17.6 Å². The van der Waals surface area contributed by atoms with Crippen molar-refractivity contribution in [3.8, 4) is 0 Å². The van der Waals surface area contributed by atoms with Gasteiger partial charge in [0.15, 0.2) is 11.7 Å². The first kappa shape index (κ1) is 10.9. The highest BCUT2D eigenvalue weighted by Crippen LogP contribution is 2.06. The number of guanidine groups is 1. The van der Waals surface area contributed by atoms with Crippen LogP contribution in [0, 0.1) is 0 Å². The molecule has 0 fully saturated rings. The lowest BCUT2D eigenvalue weighted by molar-refractivity contribution is 0.0995. The predicted molar refractivity (Wildman–Crippen MR) is 56.6 cm³/mol. The molecule has 78 valence electrons. The molecule has 0 atom stereocenters. The maximum Gasteiger partial charge on any atom is 0.280 e. The van der Waals surface area contributed by atoms with Gasteiger partial charge in [-0.05, 0) is 19.1 Å². The summed E-state index contributed by atoms with van der Waals surface area (Å²) in [6.45, 7) is 1.45. The van der Waals surface area contributed by atoms with Gasteiger partial charge in [-0.1, -0.05) is 12.1 Å². The molecule has 0 aliphatic carbocycles. The number of benzene rings is 1. The van der Waals surface area contributed by atoms with E-state index in [1.54, 1.807) is 12.1 Å². The van der Waals surface area contributed by atoms with Gasteiger partial charge in [-0.15, -0.1) is 0 Å². The molecular weight excluding hydrogens is 194 g/mol. The molecule has 0 heterocycles. The molecule has 0 saturated carbocycles.